The number of hydrogen-bond acceptors (Lipinski definition) is 7. The number of aromatic nitrogens is 6. The smallest absolute Gasteiger partial charge is 0.299 e. The molecule has 3 aromatic rings. The van der Waals surface area contributed by atoms with Gasteiger partial charge < -0.3 is 19.8 Å². The predicted octanol–water partition coefficient (Wildman–Crippen LogP) is 3.47. The number of hydrogen-bond donors (Lipinski definition) is 1. The molecule has 9 nitrogen and oxygen atoms in total. The average molecular weight is 460 g/mol. The van der Waals surface area contributed by atoms with Gasteiger partial charge in [-0.3, -0.25) is 4.57 Å². The van der Waals surface area contributed by atoms with Gasteiger partial charge >= 0.3 is 0 Å². The molecular weight excluding hydrogens is 426 g/mol. The minimum absolute atomic E-state index is 0.275. The number of nitrogens with zero attached hydrogens (tertiary/aromatic N) is 6. The van der Waals surface area contributed by atoms with Gasteiger partial charge in [-0.25, -0.2) is 25.0 Å². The van der Waals surface area contributed by atoms with E-state index in [1.54, 1.807) is 12.3 Å². The monoisotopic (exact) mass is 459 g/mol. The molecule has 0 spiro atoms. The number of imidazole rings is 2. The van der Waals surface area contributed by atoms with Crippen LogP contribution in [0.5, 0.6) is 6.01 Å². The van der Waals surface area contributed by atoms with Crippen LogP contribution in [0.2, 0.25) is 0 Å². The summed E-state index contributed by atoms with van der Waals surface area (Å²) >= 11 is 0. The maximum atomic E-state index is 6.27. The van der Waals surface area contributed by atoms with E-state index in [0.29, 0.717) is 55.3 Å². The molecule has 3 rings (SSSR count). The molecule has 3 heterocycles. The van der Waals surface area contributed by atoms with Crippen LogP contribution < -0.4 is 10.5 Å². The standard InChI is InChI=1S/C22H33N7O2S/c1-7-16(8-2)14-29-20-17(25-22(29)31-9-3)18(23)26-19(27-20)21-24-10-11-28(21)15-30-12-13-32(4,5)6/h7-8,10-11H,1,9,12-15H2,2-6H3,(H2,23,26,27)/b16-8+. The summed E-state index contributed by atoms with van der Waals surface area (Å²) in [5.41, 5.74) is 8.37. The quantitative estimate of drug-likeness (QED) is 0.346. The van der Waals surface area contributed by atoms with Crippen molar-refractivity contribution in [3.05, 3.63) is 36.7 Å². The summed E-state index contributed by atoms with van der Waals surface area (Å²) in [4.78, 5) is 18.2. The summed E-state index contributed by atoms with van der Waals surface area (Å²) in [6.07, 6.45) is 14.2. The molecule has 0 radical (unpaired) electrons. The molecule has 32 heavy (non-hydrogen) atoms. The summed E-state index contributed by atoms with van der Waals surface area (Å²) in [7, 11) is -0.603. The molecular formula is C22H33N7O2S. The third-order valence-corrected chi connectivity index (χ3v) is 6.21. The third kappa shape index (κ3) is 5.49. The Morgan fingerprint density at radius 2 is 2.03 bits per heavy atom. The normalized spacial score (nSPS) is 13.0. The zero-order valence-electron chi connectivity index (χ0n) is 19.5. The highest BCUT2D eigenvalue weighted by atomic mass is 32.3. The Hall–Kier alpha value is -2.85. The molecule has 0 atom stereocenters. The Labute approximate surface area is 190 Å². The second-order valence-corrected chi connectivity index (χ2v) is 12.7. The van der Waals surface area contributed by atoms with Gasteiger partial charge in [0, 0.05) is 18.1 Å². The topological polar surface area (TPSA) is 106 Å². The van der Waals surface area contributed by atoms with Gasteiger partial charge in [0.1, 0.15) is 6.73 Å². The Bertz CT molecular complexity index is 1110. The average Bonchev–Trinajstić information content (AvgIpc) is 3.34. The number of nitrogens with two attached hydrogens (primary N) is 1. The summed E-state index contributed by atoms with van der Waals surface area (Å²) in [6.45, 7) is 9.79. The molecule has 0 aromatic carbocycles. The van der Waals surface area contributed by atoms with Gasteiger partial charge in [0.25, 0.3) is 6.01 Å². The molecule has 10 heteroatoms. The highest BCUT2D eigenvalue weighted by molar-refractivity contribution is 8.32. The van der Waals surface area contributed by atoms with Crippen molar-refractivity contribution >= 4 is 27.0 Å². The van der Waals surface area contributed by atoms with Gasteiger partial charge in [0.05, 0.1) is 19.8 Å². The lowest BCUT2D eigenvalue weighted by molar-refractivity contribution is 0.0906. The van der Waals surface area contributed by atoms with Crippen molar-refractivity contribution < 1.29 is 9.47 Å². The summed E-state index contributed by atoms with van der Waals surface area (Å²) in [5.74, 6) is 2.32. The molecule has 0 aliphatic carbocycles. The molecule has 3 aromatic heterocycles. The Morgan fingerprint density at radius 1 is 1.25 bits per heavy atom. The van der Waals surface area contributed by atoms with Crippen molar-refractivity contribution in [3.8, 4) is 17.7 Å². The Morgan fingerprint density at radius 3 is 2.69 bits per heavy atom. The fourth-order valence-corrected chi connectivity index (χ4v) is 3.65. The maximum absolute atomic E-state index is 6.27. The van der Waals surface area contributed by atoms with E-state index in [-0.39, 0.29) is 5.82 Å². The van der Waals surface area contributed by atoms with Crippen LogP contribution in [0, 0.1) is 0 Å². The number of anilines is 1. The summed E-state index contributed by atoms with van der Waals surface area (Å²) in [5, 5.41) is 0. The predicted molar refractivity (Wildman–Crippen MR) is 132 cm³/mol. The Balaban J connectivity index is 1.97. The first-order valence-corrected chi connectivity index (χ1v) is 13.5. The summed E-state index contributed by atoms with van der Waals surface area (Å²) in [6, 6.07) is 0.443. The molecule has 0 aliphatic rings. The molecule has 0 unspecified atom stereocenters. The van der Waals surface area contributed by atoms with Crippen molar-refractivity contribution in [2.75, 3.05) is 43.5 Å². The lowest BCUT2D eigenvalue weighted by Gasteiger charge is -2.24. The van der Waals surface area contributed by atoms with E-state index in [9.17, 15) is 0 Å². The van der Waals surface area contributed by atoms with Crippen LogP contribution in [0.3, 0.4) is 0 Å². The van der Waals surface area contributed by atoms with Crippen LogP contribution in [0.4, 0.5) is 5.82 Å². The van der Waals surface area contributed by atoms with Crippen LogP contribution in [0.15, 0.2) is 36.7 Å². The van der Waals surface area contributed by atoms with E-state index >= 15 is 0 Å². The van der Waals surface area contributed by atoms with Gasteiger partial charge in [0.15, 0.2) is 28.6 Å². The largest absolute Gasteiger partial charge is 0.465 e. The number of fused-ring (bicyclic) bond motifs is 1. The van der Waals surface area contributed by atoms with Crippen molar-refractivity contribution in [2.45, 2.75) is 27.1 Å². The first-order valence-electron chi connectivity index (χ1n) is 10.5. The van der Waals surface area contributed by atoms with Gasteiger partial charge in [0.2, 0.25) is 0 Å². The Kier molecular flexibility index (Phi) is 7.57. The van der Waals surface area contributed by atoms with Gasteiger partial charge in [-0.1, -0.05) is 18.7 Å². The van der Waals surface area contributed by atoms with Gasteiger partial charge in [-0.15, -0.1) is 0 Å². The fraction of sp³-hybridized carbons (Fsp3) is 0.455. The number of rotatable bonds is 11. The van der Waals surface area contributed by atoms with E-state index in [2.05, 4.69) is 40.3 Å². The summed E-state index contributed by atoms with van der Waals surface area (Å²) < 4.78 is 15.4. The lowest BCUT2D eigenvalue weighted by atomic mass is 10.2. The number of allylic oxidation sites excluding steroid dienone is 3. The molecule has 0 saturated carbocycles. The van der Waals surface area contributed by atoms with Crippen molar-refractivity contribution in [3.63, 3.8) is 0 Å². The van der Waals surface area contributed by atoms with Crippen LogP contribution in [0.1, 0.15) is 13.8 Å². The minimum Gasteiger partial charge on any atom is -0.465 e. The molecule has 2 N–H and O–H groups in total. The maximum Gasteiger partial charge on any atom is 0.299 e. The number of nitrogen functional groups attached to an aromatic ring is 1. The van der Waals surface area contributed by atoms with Crippen molar-refractivity contribution in [1.82, 2.24) is 29.1 Å². The molecule has 0 fully saturated rings. The van der Waals surface area contributed by atoms with Gasteiger partial charge in [-0.05, 0) is 38.2 Å². The van der Waals surface area contributed by atoms with E-state index in [4.69, 9.17) is 20.2 Å². The van der Waals surface area contributed by atoms with E-state index in [1.807, 2.05) is 35.3 Å². The molecule has 174 valence electrons. The molecule has 0 saturated heterocycles. The lowest BCUT2D eigenvalue weighted by Crippen LogP contribution is -2.11. The zero-order chi connectivity index (χ0) is 23.3. The first kappa shape index (κ1) is 23.8. The van der Waals surface area contributed by atoms with E-state index in [1.165, 1.54) is 0 Å². The molecule has 0 bridgehead atoms. The highest BCUT2D eigenvalue weighted by Crippen LogP contribution is 2.33. The molecule has 0 amide bonds. The van der Waals surface area contributed by atoms with Crippen LogP contribution in [0.25, 0.3) is 22.8 Å². The van der Waals surface area contributed by atoms with Crippen LogP contribution in [-0.4, -0.2) is 66.8 Å². The van der Waals surface area contributed by atoms with E-state index < -0.39 is 10.0 Å². The third-order valence-electron chi connectivity index (χ3n) is 4.82. The first-order chi connectivity index (χ1) is 15.3. The van der Waals surface area contributed by atoms with Crippen molar-refractivity contribution in [2.24, 2.45) is 0 Å². The highest BCUT2D eigenvalue weighted by Gasteiger charge is 2.20. The van der Waals surface area contributed by atoms with Gasteiger partial charge in [-0.2, -0.15) is 4.98 Å². The van der Waals surface area contributed by atoms with Crippen LogP contribution in [-0.2, 0) is 18.0 Å². The SMILES string of the molecule is C=C/C(=C\C)Cn1c(OCC)nc2c(N)nc(-c3nccn3COCCS(C)(C)C)nc21. The zero-order valence-corrected chi connectivity index (χ0v) is 20.4. The van der Waals surface area contributed by atoms with Crippen LogP contribution >= 0.6 is 10.0 Å². The second kappa shape index (κ2) is 10.2. The fourth-order valence-electron chi connectivity index (χ4n) is 3.03. The number of ether oxygens (including phenoxy) is 2. The minimum atomic E-state index is -0.603. The second-order valence-electron chi connectivity index (χ2n) is 8.14. The van der Waals surface area contributed by atoms with E-state index in [0.717, 1.165) is 11.3 Å². The van der Waals surface area contributed by atoms with Crippen molar-refractivity contribution in [1.29, 1.82) is 0 Å². The molecule has 0 aliphatic heterocycles.